The van der Waals surface area contributed by atoms with Crippen molar-refractivity contribution >= 4 is 11.6 Å². The molecule has 4 nitrogen and oxygen atoms in total. The molecule has 45 heavy (non-hydrogen) atoms. The van der Waals surface area contributed by atoms with Crippen LogP contribution in [0.25, 0.3) is 0 Å². The van der Waals surface area contributed by atoms with E-state index in [1.54, 1.807) is 0 Å². The van der Waals surface area contributed by atoms with E-state index >= 15 is 0 Å². The summed E-state index contributed by atoms with van der Waals surface area (Å²) in [6.07, 6.45) is 17.4. The van der Waals surface area contributed by atoms with Crippen LogP contribution in [0, 0.1) is 23.2 Å². The molecule has 1 saturated carbocycles. The van der Waals surface area contributed by atoms with Crippen LogP contribution >= 0.6 is 0 Å². The lowest BCUT2D eigenvalue weighted by atomic mass is 9.56. The molecule has 0 aromatic heterocycles. The predicted octanol–water partition coefficient (Wildman–Crippen LogP) is 10.4. The predicted molar refractivity (Wildman–Crippen MR) is 192 cm³/mol. The summed E-state index contributed by atoms with van der Waals surface area (Å²) < 4.78 is 0. The lowest BCUT2D eigenvalue weighted by Crippen LogP contribution is -2.61. The zero-order valence-corrected chi connectivity index (χ0v) is 30.6. The standard InChI is InChI=1S/C41H66O4/c1-28(2)15-12-18-32(9)21-22-35-38(43)37(36(42)27-31(7)8)40(45)41(39(35)44,25-23-33(10)19-13-16-29(3)4)26-24-34(11)20-14-17-30(5)6/h15-17,21,23-24,31,35,37-39,43-44H,12-14,18-20,22,25-27H2,1-11H3. The highest BCUT2D eigenvalue weighted by Gasteiger charge is 2.58. The molecule has 4 unspecified atom stereocenters. The summed E-state index contributed by atoms with van der Waals surface area (Å²) in [7, 11) is 0. The van der Waals surface area contributed by atoms with Gasteiger partial charge in [0.25, 0.3) is 0 Å². The Hall–Kier alpha value is -2.30. The number of hydrogen-bond acceptors (Lipinski definition) is 4. The zero-order valence-electron chi connectivity index (χ0n) is 30.6. The van der Waals surface area contributed by atoms with Crippen molar-refractivity contribution in [1.82, 2.24) is 0 Å². The molecule has 0 bridgehead atoms. The van der Waals surface area contributed by atoms with Crippen LogP contribution in [0.4, 0.5) is 0 Å². The van der Waals surface area contributed by atoms with Crippen molar-refractivity contribution in [2.75, 3.05) is 0 Å². The molecular formula is C41H66O4. The molecule has 254 valence electrons. The van der Waals surface area contributed by atoms with Crippen LogP contribution in [0.5, 0.6) is 0 Å². The normalized spacial score (nSPS) is 24.5. The third-order valence-electron chi connectivity index (χ3n) is 9.12. The van der Waals surface area contributed by atoms with Crippen molar-refractivity contribution in [1.29, 1.82) is 0 Å². The van der Waals surface area contributed by atoms with Gasteiger partial charge in [-0.1, -0.05) is 83.7 Å². The van der Waals surface area contributed by atoms with Gasteiger partial charge in [-0.25, -0.2) is 0 Å². The maximum absolute atomic E-state index is 14.6. The number of allylic oxidation sites excluding steroid dienone is 12. The minimum absolute atomic E-state index is 0.0730. The van der Waals surface area contributed by atoms with E-state index in [0.29, 0.717) is 19.3 Å². The average Bonchev–Trinajstić information content (AvgIpc) is 2.91. The first-order valence-corrected chi connectivity index (χ1v) is 17.3. The van der Waals surface area contributed by atoms with Crippen LogP contribution in [0.3, 0.4) is 0 Å². The number of Topliss-reactive ketones (excluding diaryl/α,β-unsaturated/α-hetero) is 2. The molecule has 0 aromatic carbocycles. The minimum atomic E-state index is -1.21. The number of aliphatic hydroxyl groups excluding tert-OH is 2. The van der Waals surface area contributed by atoms with E-state index in [4.69, 9.17) is 0 Å². The Morgan fingerprint density at radius 3 is 1.47 bits per heavy atom. The molecule has 2 N–H and O–H groups in total. The van der Waals surface area contributed by atoms with Gasteiger partial charge in [0.2, 0.25) is 0 Å². The van der Waals surface area contributed by atoms with Gasteiger partial charge in [0.15, 0.2) is 5.78 Å². The van der Waals surface area contributed by atoms with Crippen molar-refractivity contribution in [3.63, 3.8) is 0 Å². The van der Waals surface area contributed by atoms with Crippen LogP contribution in [-0.4, -0.2) is 34.0 Å². The van der Waals surface area contributed by atoms with E-state index in [1.165, 1.54) is 33.4 Å². The second kappa shape index (κ2) is 20.0. The molecule has 0 saturated heterocycles. The van der Waals surface area contributed by atoms with Crippen LogP contribution < -0.4 is 0 Å². The lowest BCUT2D eigenvalue weighted by molar-refractivity contribution is -0.170. The van der Waals surface area contributed by atoms with Crippen LogP contribution in [0.2, 0.25) is 0 Å². The topological polar surface area (TPSA) is 74.6 Å². The van der Waals surface area contributed by atoms with Gasteiger partial charge in [0, 0.05) is 12.3 Å². The van der Waals surface area contributed by atoms with Gasteiger partial charge in [-0.2, -0.15) is 0 Å². The Kier molecular flexibility index (Phi) is 18.1. The summed E-state index contributed by atoms with van der Waals surface area (Å²) in [5.74, 6) is -2.17. The number of ketones is 2. The third kappa shape index (κ3) is 13.9. The molecule has 1 aliphatic carbocycles. The molecular weight excluding hydrogens is 556 g/mol. The van der Waals surface area contributed by atoms with Crippen molar-refractivity contribution in [2.24, 2.45) is 23.2 Å². The minimum Gasteiger partial charge on any atom is -0.392 e. The highest BCUT2D eigenvalue weighted by Crippen LogP contribution is 2.48. The third-order valence-corrected chi connectivity index (χ3v) is 9.12. The summed E-state index contributed by atoms with van der Waals surface area (Å²) in [4.78, 5) is 28.2. The Balaban J connectivity index is 3.65. The highest BCUT2D eigenvalue weighted by molar-refractivity contribution is 6.06. The number of carbonyl (C=O) groups is 2. The summed E-state index contributed by atoms with van der Waals surface area (Å²) in [5, 5.41) is 23.8. The maximum Gasteiger partial charge on any atom is 0.155 e. The maximum atomic E-state index is 14.6. The van der Waals surface area contributed by atoms with Gasteiger partial charge in [-0.3, -0.25) is 9.59 Å². The van der Waals surface area contributed by atoms with Crippen molar-refractivity contribution in [3.05, 3.63) is 69.9 Å². The van der Waals surface area contributed by atoms with Crippen molar-refractivity contribution in [2.45, 2.75) is 153 Å². The van der Waals surface area contributed by atoms with Crippen LogP contribution in [0.1, 0.15) is 140 Å². The molecule has 1 aliphatic rings. The smallest absolute Gasteiger partial charge is 0.155 e. The van der Waals surface area contributed by atoms with E-state index in [0.717, 1.165) is 38.5 Å². The van der Waals surface area contributed by atoms with Crippen LogP contribution in [0.15, 0.2) is 69.9 Å². The molecule has 4 heteroatoms. The molecule has 0 aromatic rings. The monoisotopic (exact) mass is 622 g/mol. The largest absolute Gasteiger partial charge is 0.392 e. The number of aliphatic hydroxyl groups is 2. The van der Waals surface area contributed by atoms with E-state index in [9.17, 15) is 19.8 Å². The van der Waals surface area contributed by atoms with Gasteiger partial charge >= 0.3 is 0 Å². The van der Waals surface area contributed by atoms with Crippen LogP contribution in [-0.2, 0) is 9.59 Å². The molecule has 4 atom stereocenters. The first-order chi connectivity index (χ1) is 21.0. The molecule has 0 aliphatic heterocycles. The van der Waals surface area contributed by atoms with Gasteiger partial charge in [0.1, 0.15) is 11.7 Å². The Bertz CT molecular complexity index is 1100. The van der Waals surface area contributed by atoms with Crippen molar-refractivity contribution < 1.29 is 19.8 Å². The summed E-state index contributed by atoms with van der Waals surface area (Å²) in [6, 6.07) is 0. The fraction of sp³-hybridized carbons (Fsp3) is 0.659. The molecule has 1 fully saturated rings. The number of rotatable bonds is 18. The molecule has 0 heterocycles. The quantitative estimate of drug-likeness (QED) is 0.118. The number of hydrogen-bond donors (Lipinski definition) is 2. The summed E-state index contributed by atoms with van der Waals surface area (Å²) in [5.41, 5.74) is 6.17. The SMILES string of the molecule is CC(C)=CCCC(C)=CCC1C(O)C(C(=O)CC(C)C)C(=O)C(CC=C(C)CCC=C(C)C)(CC=C(C)CCC=C(C)C)C1O. The van der Waals surface area contributed by atoms with Crippen molar-refractivity contribution in [3.8, 4) is 0 Å². The first kappa shape index (κ1) is 40.7. The summed E-state index contributed by atoms with van der Waals surface area (Å²) in [6.45, 7) is 22.7. The van der Waals surface area contributed by atoms with Gasteiger partial charge in [0.05, 0.1) is 17.6 Å². The average molecular weight is 623 g/mol. The fourth-order valence-corrected chi connectivity index (χ4v) is 6.24. The number of carbonyl (C=O) groups excluding carboxylic acids is 2. The van der Waals surface area contributed by atoms with Gasteiger partial charge in [-0.05, 0) is 126 Å². The van der Waals surface area contributed by atoms with Gasteiger partial charge in [-0.15, -0.1) is 0 Å². The second-order valence-electron chi connectivity index (χ2n) is 14.9. The highest BCUT2D eigenvalue weighted by atomic mass is 16.3. The molecule has 0 spiro atoms. The summed E-state index contributed by atoms with van der Waals surface area (Å²) >= 11 is 0. The zero-order chi connectivity index (χ0) is 34.3. The lowest BCUT2D eigenvalue weighted by Gasteiger charge is -2.49. The Labute approximate surface area is 276 Å². The van der Waals surface area contributed by atoms with Gasteiger partial charge < -0.3 is 10.2 Å². The first-order valence-electron chi connectivity index (χ1n) is 17.3. The second-order valence-corrected chi connectivity index (χ2v) is 14.9. The fourth-order valence-electron chi connectivity index (χ4n) is 6.24. The van der Waals surface area contributed by atoms with E-state index in [-0.39, 0.29) is 23.9 Å². The van der Waals surface area contributed by atoms with E-state index < -0.39 is 29.5 Å². The Morgan fingerprint density at radius 2 is 1.09 bits per heavy atom. The molecule has 0 radical (unpaired) electrons. The Morgan fingerprint density at radius 1 is 0.689 bits per heavy atom. The van der Waals surface area contributed by atoms with E-state index in [1.807, 2.05) is 13.8 Å². The molecule has 0 amide bonds. The van der Waals surface area contributed by atoms with E-state index in [2.05, 4.69) is 98.8 Å². The molecule has 1 rings (SSSR count).